The van der Waals surface area contributed by atoms with Crippen LogP contribution in [0.4, 0.5) is 0 Å². The van der Waals surface area contributed by atoms with Gasteiger partial charge in [0.15, 0.2) is 17.5 Å². The first-order chi connectivity index (χ1) is 26.5. The lowest BCUT2D eigenvalue weighted by molar-refractivity contribution is 0.563. The Labute approximate surface area is 315 Å². The molecule has 0 fully saturated rings. The van der Waals surface area contributed by atoms with Crippen molar-refractivity contribution in [1.82, 2.24) is 15.0 Å². The molecule has 0 saturated carbocycles. The average molecular weight is 691 g/mol. The smallest absolute Gasteiger partial charge is 0.164 e. The molecule has 1 aromatic heterocycles. The molecule has 0 N–H and O–H groups in total. The van der Waals surface area contributed by atoms with Crippen molar-refractivity contribution in [2.45, 2.75) is 24.7 Å². The molecule has 2 aliphatic carbocycles. The van der Waals surface area contributed by atoms with Gasteiger partial charge >= 0.3 is 0 Å². The molecular formula is C50H34N4. The molecule has 2 aliphatic rings. The zero-order valence-corrected chi connectivity index (χ0v) is 30.0. The molecule has 0 amide bonds. The summed E-state index contributed by atoms with van der Waals surface area (Å²) in [4.78, 5) is 15.4. The lowest BCUT2D eigenvalue weighted by atomic mass is 9.55. The quantitative estimate of drug-likeness (QED) is 0.184. The third kappa shape index (κ3) is 4.65. The summed E-state index contributed by atoms with van der Waals surface area (Å²) in [7, 11) is 0. The van der Waals surface area contributed by atoms with Crippen molar-refractivity contribution in [3.05, 3.63) is 209 Å². The summed E-state index contributed by atoms with van der Waals surface area (Å²) in [6.07, 6.45) is 0. The van der Waals surface area contributed by atoms with E-state index in [4.69, 9.17) is 15.0 Å². The molecule has 0 saturated heterocycles. The van der Waals surface area contributed by atoms with Gasteiger partial charge in [-0.2, -0.15) is 5.26 Å². The molecule has 4 heteroatoms. The second-order valence-corrected chi connectivity index (χ2v) is 14.7. The summed E-state index contributed by atoms with van der Waals surface area (Å²) in [5.74, 6) is 1.83. The highest BCUT2D eigenvalue weighted by Crippen LogP contribution is 2.62. The minimum absolute atomic E-state index is 0.302. The van der Waals surface area contributed by atoms with Gasteiger partial charge in [-0.1, -0.05) is 159 Å². The van der Waals surface area contributed by atoms with Crippen LogP contribution in [-0.2, 0) is 10.8 Å². The van der Waals surface area contributed by atoms with E-state index in [0.29, 0.717) is 23.0 Å². The highest BCUT2D eigenvalue weighted by Gasteiger charge is 2.53. The Hall–Kier alpha value is -6.96. The summed E-state index contributed by atoms with van der Waals surface area (Å²) in [5.41, 5.74) is 15.0. The standard InChI is InChI=1S/C50H34N4/c1-49(2)42-24-10-11-25-43(42)50(40-22-8-6-20-38(40)39-21-7-9-23-41(39)50)44-27-26-37(30-45(44)49)48-53-46(33-15-4-3-5-16-33)52-47(54-48)36-19-13-18-35(29-36)34-17-12-14-32(28-34)31-51/h3-30H,1-2H3. The minimum Gasteiger partial charge on any atom is -0.208 e. The topological polar surface area (TPSA) is 62.5 Å². The highest BCUT2D eigenvalue weighted by molar-refractivity contribution is 5.89. The molecule has 0 atom stereocenters. The van der Waals surface area contributed by atoms with Crippen LogP contribution in [0.1, 0.15) is 52.8 Å². The van der Waals surface area contributed by atoms with Gasteiger partial charge in [-0.15, -0.1) is 0 Å². The molecule has 0 radical (unpaired) electrons. The summed E-state index contributed by atoms with van der Waals surface area (Å²) >= 11 is 0. The minimum atomic E-state index is -0.462. The van der Waals surface area contributed by atoms with Crippen LogP contribution in [0, 0.1) is 11.3 Å². The van der Waals surface area contributed by atoms with Crippen molar-refractivity contribution in [3.63, 3.8) is 0 Å². The summed E-state index contributed by atoms with van der Waals surface area (Å²) in [6.45, 7) is 4.68. The van der Waals surface area contributed by atoms with Gasteiger partial charge in [0.25, 0.3) is 0 Å². The van der Waals surface area contributed by atoms with E-state index < -0.39 is 5.41 Å². The Bertz CT molecular complexity index is 2780. The number of nitriles is 1. The molecule has 7 aromatic carbocycles. The average Bonchev–Trinajstić information content (AvgIpc) is 3.54. The van der Waals surface area contributed by atoms with Gasteiger partial charge in [-0.3, -0.25) is 0 Å². The Morgan fingerprint density at radius 1 is 0.389 bits per heavy atom. The molecule has 10 rings (SSSR count). The fraction of sp³-hybridized carbons (Fsp3) is 0.0800. The number of nitrogens with zero attached hydrogens (tertiary/aromatic N) is 4. The Morgan fingerprint density at radius 2 is 0.870 bits per heavy atom. The van der Waals surface area contributed by atoms with Crippen LogP contribution in [0.15, 0.2) is 170 Å². The van der Waals surface area contributed by atoms with Crippen molar-refractivity contribution < 1.29 is 0 Å². The predicted octanol–water partition coefficient (Wildman–Crippen LogP) is 11.4. The predicted molar refractivity (Wildman–Crippen MR) is 216 cm³/mol. The van der Waals surface area contributed by atoms with Crippen molar-refractivity contribution in [2.24, 2.45) is 0 Å². The van der Waals surface area contributed by atoms with Crippen molar-refractivity contribution >= 4 is 0 Å². The van der Waals surface area contributed by atoms with Crippen molar-refractivity contribution in [2.75, 3.05) is 0 Å². The van der Waals surface area contributed by atoms with Gasteiger partial charge in [0.1, 0.15) is 0 Å². The van der Waals surface area contributed by atoms with E-state index in [1.807, 2.05) is 66.7 Å². The van der Waals surface area contributed by atoms with E-state index in [9.17, 15) is 5.26 Å². The first kappa shape index (κ1) is 31.7. The van der Waals surface area contributed by atoms with Gasteiger partial charge in [0.2, 0.25) is 0 Å². The van der Waals surface area contributed by atoms with Gasteiger partial charge < -0.3 is 0 Å². The fourth-order valence-electron chi connectivity index (χ4n) is 8.94. The lowest BCUT2D eigenvalue weighted by Gasteiger charge is -2.46. The molecule has 54 heavy (non-hydrogen) atoms. The molecular weight excluding hydrogens is 657 g/mol. The largest absolute Gasteiger partial charge is 0.208 e. The summed E-state index contributed by atoms with van der Waals surface area (Å²) in [6, 6.07) is 61.9. The number of rotatable bonds is 4. The Morgan fingerprint density at radius 3 is 1.54 bits per heavy atom. The summed E-state index contributed by atoms with van der Waals surface area (Å²) in [5, 5.41) is 9.54. The van der Waals surface area contributed by atoms with Crippen molar-refractivity contribution in [3.8, 4) is 62.5 Å². The number of aromatic nitrogens is 3. The maximum absolute atomic E-state index is 9.54. The van der Waals surface area contributed by atoms with Gasteiger partial charge in [0, 0.05) is 22.1 Å². The Kier molecular flexibility index (Phi) is 7.08. The van der Waals surface area contributed by atoms with E-state index in [0.717, 1.165) is 27.8 Å². The van der Waals surface area contributed by atoms with E-state index >= 15 is 0 Å². The molecule has 1 spiro atoms. The second kappa shape index (κ2) is 12.0. The molecule has 1 heterocycles. The van der Waals surface area contributed by atoms with Crippen molar-refractivity contribution in [1.29, 1.82) is 5.26 Å². The molecule has 0 unspecified atom stereocenters. The number of hydrogen-bond donors (Lipinski definition) is 0. The van der Waals surface area contributed by atoms with Crippen LogP contribution in [0.25, 0.3) is 56.4 Å². The SMILES string of the molecule is CC1(C)c2ccccc2C2(c3ccccc3-c3ccccc32)c2ccc(-c3nc(-c4ccccc4)nc(-c4cccc(-c5cccc(C#N)c5)c4)n3)cc21. The normalized spacial score (nSPS) is 14.0. The summed E-state index contributed by atoms with van der Waals surface area (Å²) < 4.78 is 0. The monoisotopic (exact) mass is 690 g/mol. The van der Waals surface area contributed by atoms with Gasteiger partial charge in [-0.25, -0.2) is 15.0 Å². The zero-order valence-electron chi connectivity index (χ0n) is 30.0. The second-order valence-electron chi connectivity index (χ2n) is 14.7. The first-order valence-electron chi connectivity index (χ1n) is 18.3. The highest BCUT2D eigenvalue weighted by atomic mass is 15.0. The van der Waals surface area contributed by atoms with Gasteiger partial charge in [0.05, 0.1) is 17.0 Å². The van der Waals surface area contributed by atoms with Crippen LogP contribution in [0.3, 0.4) is 0 Å². The number of benzene rings is 7. The van der Waals surface area contributed by atoms with Crippen LogP contribution in [0.5, 0.6) is 0 Å². The van der Waals surface area contributed by atoms with Crippen LogP contribution in [-0.4, -0.2) is 15.0 Å². The number of fused-ring (bicyclic) bond motifs is 9. The molecule has 0 bridgehead atoms. The number of hydrogen-bond acceptors (Lipinski definition) is 4. The Balaban J connectivity index is 1.20. The van der Waals surface area contributed by atoms with E-state index in [1.165, 1.54) is 44.5 Å². The van der Waals surface area contributed by atoms with Gasteiger partial charge in [-0.05, 0) is 79.9 Å². The maximum atomic E-state index is 9.54. The molecule has 254 valence electrons. The van der Waals surface area contributed by atoms with Crippen LogP contribution >= 0.6 is 0 Å². The zero-order chi connectivity index (χ0) is 36.4. The first-order valence-corrected chi connectivity index (χ1v) is 18.3. The third-order valence-electron chi connectivity index (χ3n) is 11.4. The molecule has 4 nitrogen and oxygen atoms in total. The van der Waals surface area contributed by atoms with E-state index in [2.05, 4.69) is 123 Å². The molecule has 0 aliphatic heterocycles. The molecule has 8 aromatic rings. The van der Waals surface area contributed by atoms with Crippen LogP contribution < -0.4 is 0 Å². The van der Waals surface area contributed by atoms with Crippen LogP contribution in [0.2, 0.25) is 0 Å². The third-order valence-corrected chi connectivity index (χ3v) is 11.4. The van der Waals surface area contributed by atoms with E-state index in [-0.39, 0.29) is 5.41 Å². The van der Waals surface area contributed by atoms with E-state index in [1.54, 1.807) is 0 Å². The lowest BCUT2D eigenvalue weighted by Crippen LogP contribution is -2.40. The fourth-order valence-corrected chi connectivity index (χ4v) is 8.94. The maximum Gasteiger partial charge on any atom is 0.164 e.